The van der Waals surface area contributed by atoms with Gasteiger partial charge in [0.2, 0.25) is 0 Å². The monoisotopic (exact) mass is 291 g/mol. The lowest BCUT2D eigenvalue weighted by atomic mass is 10.2. The molecule has 0 aliphatic rings. The largest absolute Gasteiger partial charge is 0.465 e. The van der Waals surface area contributed by atoms with Crippen molar-refractivity contribution in [2.45, 2.75) is 6.92 Å². The predicted molar refractivity (Wildman–Crippen MR) is 71.3 cm³/mol. The molecule has 2 rings (SSSR count). The lowest BCUT2D eigenvalue weighted by Gasteiger charge is -2.07. The molecule has 102 valence electrons. The van der Waals surface area contributed by atoms with Crippen molar-refractivity contribution in [2.24, 2.45) is 0 Å². The van der Waals surface area contributed by atoms with Gasteiger partial charge in [0.05, 0.1) is 12.8 Å². The molecule has 0 radical (unpaired) electrons. The molecule has 0 fully saturated rings. The zero-order valence-electron chi connectivity index (χ0n) is 10.6. The van der Waals surface area contributed by atoms with Crippen molar-refractivity contribution in [3.63, 3.8) is 0 Å². The summed E-state index contributed by atoms with van der Waals surface area (Å²) in [5, 5.41) is 10.5. The van der Waals surface area contributed by atoms with Crippen molar-refractivity contribution < 1.29 is 9.53 Å². The van der Waals surface area contributed by atoms with Crippen LogP contribution in [0, 0.1) is 18.3 Å². The van der Waals surface area contributed by atoms with E-state index in [0.717, 1.165) is 22.1 Å². The molecule has 7 nitrogen and oxygen atoms in total. The average molecular weight is 291 g/mol. The maximum Gasteiger partial charge on any atom is 0.350 e. The maximum absolute atomic E-state index is 11.9. The third kappa shape index (κ3) is 2.15. The van der Waals surface area contributed by atoms with Gasteiger partial charge in [-0.1, -0.05) is 0 Å². The van der Waals surface area contributed by atoms with Crippen LogP contribution in [-0.4, -0.2) is 22.6 Å². The Morgan fingerprint density at radius 1 is 1.50 bits per heavy atom. The molecule has 0 saturated carbocycles. The number of nitrogens with zero attached hydrogens (tertiary/aromatic N) is 2. The smallest absolute Gasteiger partial charge is 0.350 e. The lowest BCUT2D eigenvalue weighted by Crippen LogP contribution is -2.30. The number of thiophene rings is 1. The minimum Gasteiger partial charge on any atom is -0.465 e. The van der Waals surface area contributed by atoms with Crippen molar-refractivity contribution in [1.82, 2.24) is 9.55 Å². The van der Waals surface area contributed by atoms with Crippen LogP contribution in [0.15, 0.2) is 21.2 Å². The quantitative estimate of drug-likeness (QED) is 0.814. The van der Waals surface area contributed by atoms with E-state index in [1.165, 1.54) is 7.11 Å². The average Bonchev–Trinajstić information content (AvgIpc) is 2.80. The molecule has 20 heavy (non-hydrogen) atoms. The van der Waals surface area contributed by atoms with E-state index in [1.807, 2.05) is 4.98 Å². The van der Waals surface area contributed by atoms with Gasteiger partial charge < -0.3 is 4.74 Å². The number of carbonyl (C=O) groups excluding carboxylic acids is 1. The number of H-pyrrole nitrogens is 1. The van der Waals surface area contributed by atoms with Gasteiger partial charge in [-0.25, -0.2) is 9.59 Å². The van der Waals surface area contributed by atoms with Gasteiger partial charge >= 0.3 is 11.7 Å². The van der Waals surface area contributed by atoms with Gasteiger partial charge in [-0.15, -0.1) is 11.3 Å². The standard InChI is InChI=1S/C12H9N3O4S/c1-6-5-20-9(11(17)19-2)8(6)15-4-7(3-13)10(16)14-12(15)18/h4-5H,1-2H3,(H,14,16,18). The maximum atomic E-state index is 11.9. The normalized spacial score (nSPS) is 10.1. The van der Waals surface area contributed by atoms with Crippen LogP contribution < -0.4 is 11.2 Å². The van der Waals surface area contributed by atoms with Gasteiger partial charge in [0.15, 0.2) is 0 Å². The number of rotatable bonds is 2. The number of aromatic nitrogens is 2. The van der Waals surface area contributed by atoms with Crippen molar-refractivity contribution in [3.05, 3.63) is 48.4 Å². The highest BCUT2D eigenvalue weighted by Crippen LogP contribution is 2.25. The first-order chi connectivity index (χ1) is 9.49. The van der Waals surface area contributed by atoms with Gasteiger partial charge in [0, 0.05) is 6.20 Å². The molecular formula is C12H9N3O4S. The van der Waals surface area contributed by atoms with Gasteiger partial charge in [-0.05, 0) is 17.9 Å². The van der Waals surface area contributed by atoms with E-state index in [-0.39, 0.29) is 10.4 Å². The Morgan fingerprint density at radius 2 is 2.20 bits per heavy atom. The summed E-state index contributed by atoms with van der Waals surface area (Å²) in [6, 6.07) is 1.69. The van der Waals surface area contributed by atoms with E-state index in [4.69, 9.17) is 5.26 Å². The zero-order chi connectivity index (χ0) is 14.9. The van der Waals surface area contributed by atoms with Crippen LogP contribution >= 0.6 is 11.3 Å². The summed E-state index contributed by atoms with van der Waals surface area (Å²) >= 11 is 1.12. The SMILES string of the molecule is COC(=O)c1scc(C)c1-n1cc(C#N)c(=O)[nH]c1=O. The van der Waals surface area contributed by atoms with Crippen LogP contribution in [-0.2, 0) is 4.74 Å². The van der Waals surface area contributed by atoms with E-state index >= 15 is 0 Å². The van der Waals surface area contributed by atoms with Crippen LogP contribution in [0.1, 0.15) is 20.8 Å². The van der Waals surface area contributed by atoms with E-state index in [1.54, 1.807) is 18.4 Å². The van der Waals surface area contributed by atoms with Crippen LogP contribution in [0.5, 0.6) is 0 Å². The van der Waals surface area contributed by atoms with Crippen molar-refractivity contribution in [2.75, 3.05) is 7.11 Å². The number of nitriles is 1. The van der Waals surface area contributed by atoms with E-state index in [2.05, 4.69) is 4.74 Å². The second-order valence-corrected chi connectivity index (χ2v) is 4.75. The minimum atomic E-state index is -0.763. The Balaban J connectivity index is 2.79. The number of ether oxygens (including phenoxy) is 1. The molecule has 0 saturated heterocycles. The third-order valence-corrected chi connectivity index (χ3v) is 3.68. The van der Waals surface area contributed by atoms with Crippen molar-refractivity contribution in [1.29, 1.82) is 5.26 Å². The number of esters is 1. The van der Waals surface area contributed by atoms with Crippen LogP contribution in [0.3, 0.4) is 0 Å². The molecule has 0 atom stereocenters. The molecule has 2 aromatic heterocycles. The first kappa shape index (κ1) is 13.8. The molecule has 0 aliphatic heterocycles. The summed E-state index contributed by atoms with van der Waals surface area (Å²) in [5.41, 5.74) is -0.735. The second kappa shape index (κ2) is 5.14. The number of hydrogen-bond acceptors (Lipinski definition) is 6. The molecule has 0 bridgehead atoms. The number of hydrogen-bond donors (Lipinski definition) is 1. The number of aryl methyl sites for hydroxylation is 1. The Hall–Kier alpha value is -2.66. The summed E-state index contributed by atoms with van der Waals surface area (Å²) in [7, 11) is 1.23. The first-order valence-corrected chi connectivity index (χ1v) is 6.30. The van der Waals surface area contributed by atoms with Crippen LogP contribution in [0.4, 0.5) is 0 Å². The Morgan fingerprint density at radius 3 is 2.80 bits per heavy atom. The summed E-state index contributed by atoms with van der Waals surface area (Å²) in [6.45, 7) is 1.71. The number of carbonyl (C=O) groups is 1. The van der Waals surface area contributed by atoms with Crippen molar-refractivity contribution >= 4 is 17.3 Å². The van der Waals surface area contributed by atoms with Crippen LogP contribution in [0.25, 0.3) is 5.69 Å². The lowest BCUT2D eigenvalue weighted by molar-refractivity contribution is 0.0606. The molecular weight excluding hydrogens is 282 g/mol. The molecule has 0 spiro atoms. The molecule has 2 aromatic rings. The summed E-state index contributed by atoms with van der Waals surface area (Å²) in [6.07, 6.45) is 1.11. The highest BCUT2D eigenvalue weighted by atomic mass is 32.1. The highest BCUT2D eigenvalue weighted by Gasteiger charge is 2.20. The zero-order valence-corrected chi connectivity index (χ0v) is 11.4. The summed E-state index contributed by atoms with van der Waals surface area (Å²) < 4.78 is 5.72. The fraction of sp³-hybridized carbons (Fsp3) is 0.167. The molecule has 0 aliphatic carbocycles. The second-order valence-electron chi connectivity index (χ2n) is 3.87. The van der Waals surface area contributed by atoms with Gasteiger partial charge in [0.1, 0.15) is 16.5 Å². The molecule has 2 heterocycles. The molecule has 8 heteroatoms. The fourth-order valence-corrected chi connectivity index (χ4v) is 2.65. The summed E-state index contributed by atoms with van der Waals surface area (Å²) in [5.74, 6) is -0.588. The minimum absolute atomic E-state index is 0.217. The summed E-state index contributed by atoms with van der Waals surface area (Å²) in [4.78, 5) is 37.2. The topological polar surface area (TPSA) is 105 Å². The fourth-order valence-electron chi connectivity index (χ4n) is 1.69. The first-order valence-electron chi connectivity index (χ1n) is 5.42. The predicted octanol–water partition coefficient (Wildman–Crippen LogP) is 0.554. The van der Waals surface area contributed by atoms with E-state index in [0.29, 0.717) is 11.3 Å². The number of aromatic amines is 1. The van der Waals surface area contributed by atoms with Gasteiger partial charge in [-0.3, -0.25) is 14.3 Å². The Kier molecular flexibility index (Phi) is 3.54. The number of nitrogens with one attached hydrogen (secondary N) is 1. The molecule has 0 unspecified atom stereocenters. The highest BCUT2D eigenvalue weighted by molar-refractivity contribution is 7.12. The Bertz CT molecular complexity index is 838. The van der Waals surface area contributed by atoms with Crippen LogP contribution in [0.2, 0.25) is 0 Å². The van der Waals surface area contributed by atoms with E-state index in [9.17, 15) is 14.4 Å². The molecule has 0 aromatic carbocycles. The molecule has 0 amide bonds. The van der Waals surface area contributed by atoms with E-state index < -0.39 is 17.2 Å². The Labute approximate surface area is 116 Å². The molecule has 1 N–H and O–H groups in total. The van der Waals surface area contributed by atoms with Crippen molar-refractivity contribution in [3.8, 4) is 11.8 Å². The number of methoxy groups -OCH3 is 1. The van der Waals surface area contributed by atoms with Gasteiger partial charge in [-0.2, -0.15) is 5.26 Å². The van der Waals surface area contributed by atoms with Gasteiger partial charge in [0.25, 0.3) is 5.56 Å². The third-order valence-electron chi connectivity index (χ3n) is 2.62.